The van der Waals surface area contributed by atoms with Crippen LogP contribution in [0.4, 0.5) is 4.79 Å². The predicted octanol–water partition coefficient (Wildman–Crippen LogP) is -0.170. The molecule has 2 fully saturated rings. The number of carbonyl (C=O) groups is 4. The van der Waals surface area contributed by atoms with E-state index in [1.165, 1.54) is 6.92 Å². The number of imide groups is 1. The van der Waals surface area contributed by atoms with E-state index in [-0.39, 0.29) is 12.5 Å². The first-order valence-electron chi connectivity index (χ1n) is 7.00. The van der Waals surface area contributed by atoms with Gasteiger partial charge in [0.15, 0.2) is 0 Å². The lowest BCUT2D eigenvalue weighted by atomic mass is 9.82. The van der Waals surface area contributed by atoms with E-state index in [9.17, 15) is 19.2 Å². The summed E-state index contributed by atoms with van der Waals surface area (Å²) in [6.45, 7) is 0.825. The number of hydrogen-bond donors (Lipinski definition) is 3. The second kappa shape index (κ2) is 5.71. The number of amides is 4. The van der Waals surface area contributed by atoms with E-state index in [0.29, 0.717) is 12.8 Å². The van der Waals surface area contributed by atoms with Gasteiger partial charge in [0.25, 0.3) is 5.91 Å². The lowest BCUT2D eigenvalue weighted by molar-refractivity contribution is -0.142. The number of nitrogens with zero attached hydrogens (tertiary/aromatic N) is 1. The van der Waals surface area contributed by atoms with Crippen LogP contribution in [0.3, 0.4) is 0 Å². The molecule has 1 heterocycles. The number of urea groups is 1. The first-order chi connectivity index (χ1) is 9.85. The minimum atomic E-state index is -1.30. The van der Waals surface area contributed by atoms with Crippen molar-refractivity contribution in [3.05, 3.63) is 0 Å². The van der Waals surface area contributed by atoms with E-state index in [0.717, 1.165) is 24.2 Å². The predicted molar refractivity (Wildman–Crippen MR) is 71.3 cm³/mol. The fourth-order valence-corrected chi connectivity index (χ4v) is 2.95. The van der Waals surface area contributed by atoms with Crippen molar-refractivity contribution in [3.8, 4) is 0 Å². The summed E-state index contributed by atoms with van der Waals surface area (Å²) >= 11 is 0. The summed E-state index contributed by atoms with van der Waals surface area (Å²) in [5.74, 6) is -2.19. The summed E-state index contributed by atoms with van der Waals surface area (Å²) in [4.78, 5) is 47.5. The Labute approximate surface area is 121 Å². The maximum atomic E-state index is 12.5. The molecule has 1 aliphatic heterocycles. The van der Waals surface area contributed by atoms with E-state index in [2.05, 4.69) is 10.6 Å². The third-order valence-corrected chi connectivity index (χ3v) is 3.99. The third-order valence-electron chi connectivity index (χ3n) is 3.99. The Hall–Kier alpha value is -2.12. The molecule has 0 radical (unpaired) electrons. The Morgan fingerprint density at radius 3 is 2.48 bits per heavy atom. The van der Waals surface area contributed by atoms with E-state index >= 15 is 0 Å². The highest BCUT2D eigenvalue weighted by molar-refractivity contribution is 6.07. The van der Waals surface area contributed by atoms with E-state index in [1.54, 1.807) is 0 Å². The van der Waals surface area contributed by atoms with Gasteiger partial charge in [-0.25, -0.2) is 9.59 Å². The van der Waals surface area contributed by atoms with Gasteiger partial charge >= 0.3 is 12.0 Å². The molecule has 1 saturated carbocycles. The molecule has 8 heteroatoms. The topological polar surface area (TPSA) is 116 Å². The molecule has 0 bridgehead atoms. The zero-order valence-electron chi connectivity index (χ0n) is 11.8. The highest BCUT2D eigenvalue weighted by Gasteiger charge is 2.51. The summed E-state index contributed by atoms with van der Waals surface area (Å²) in [6, 6.07) is -1.88. The van der Waals surface area contributed by atoms with Crippen molar-refractivity contribution in [1.29, 1.82) is 0 Å². The first-order valence-corrected chi connectivity index (χ1v) is 7.00. The summed E-state index contributed by atoms with van der Waals surface area (Å²) in [5, 5.41) is 14.0. The maximum Gasteiger partial charge on any atom is 0.328 e. The van der Waals surface area contributed by atoms with Gasteiger partial charge in [0.1, 0.15) is 11.6 Å². The van der Waals surface area contributed by atoms with Crippen LogP contribution in [-0.2, 0) is 14.4 Å². The summed E-state index contributed by atoms with van der Waals surface area (Å²) in [6.07, 6.45) is 3.88. The van der Waals surface area contributed by atoms with Gasteiger partial charge in [-0.3, -0.25) is 14.5 Å². The largest absolute Gasteiger partial charge is 0.480 e. The van der Waals surface area contributed by atoms with E-state index < -0.39 is 29.5 Å². The number of hydrogen-bond acceptors (Lipinski definition) is 4. The highest BCUT2D eigenvalue weighted by Crippen LogP contribution is 2.33. The molecule has 0 aromatic rings. The van der Waals surface area contributed by atoms with Crippen LogP contribution in [0.25, 0.3) is 0 Å². The fraction of sp³-hybridized carbons (Fsp3) is 0.692. The smallest absolute Gasteiger partial charge is 0.328 e. The Balaban J connectivity index is 2.12. The van der Waals surface area contributed by atoms with Gasteiger partial charge in [0, 0.05) is 6.92 Å². The first kappa shape index (κ1) is 15.3. The van der Waals surface area contributed by atoms with Crippen LogP contribution < -0.4 is 10.6 Å². The van der Waals surface area contributed by atoms with Crippen LogP contribution in [-0.4, -0.2) is 51.9 Å². The molecule has 4 amide bonds. The lowest BCUT2D eigenvalue weighted by Crippen LogP contribution is -2.51. The normalized spacial score (nSPS) is 22.0. The fourth-order valence-electron chi connectivity index (χ4n) is 2.95. The second-order valence-corrected chi connectivity index (χ2v) is 5.58. The molecule has 1 aliphatic carbocycles. The van der Waals surface area contributed by atoms with Gasteiger partial charge in [-0.2, -0.15) is 0 Å². The van der Waals surface area contributed by atoms with Crippen molar-refractivity contribution in [2.45, 2.75) is 50.6 Å². The number of rotatable bonds is 4. The van der Waals surface area contributed by atoms with Crippen LogP contribution in [0.1, 0.15) is 39.0 Å². The summed E-state index contributed by atoms with van der Waals surface area (Å²) in [7, 11) is 0. The van der Waals surface area contributed by atoms with Crippen molar-refractivity contribution in [1.82, 2.24) is 15.5 Å². The average molecular weight is 297 g/mol. The molecule has 0 aromatic carbocycles. The molecule has 1 atom stereocenters. The van der Waals surface area contributed by atoms with Crippen LogP contribution in [0.5, 0.6) is 0 Å². The molecule has 1 saturated heterocycles. The Kier molecular flexibility index (Phi) is 4.15. The van der Waals surface area contributed by atoms with Gasteiger partial charge < -0.3 is 15.7 Å². The van der Waals surface area contributed by atoms with Crippen molar-refractivity contribution >= 4 is 23.8 Å². The number of aliphatic carboxylic acids is 1. The van der Waals surface area contributed by atoms with Gasteiger partial charge in [0.05, 0.1) is 6.54 Å². The number of carboxylic acid groups (broad SMARTS) is 1. The minimum Gasteiger partial charge on any atom is -0.480 e. The molecule has 1 unspecified atom stereocenters. The van der Waals surface area contributed by atoms with Crippen molar-refractivity contribution in [3.63, 3.8) is 0 Å². The molecule has 116 valence electrons. The van der Waals surface area contributed by atoms with Crippen LogP contribution in [0, 0.1) is 0 Å². The molecule has 1 spiro atoms. The zero-order chi connectivity index (χ0) is 15.6. The highest BCUT2D eigenvalue weighted by atomic mass is 16.4. The van der Waals surface area contributed by atoms with E-state index in [4.69, 9.17) is 5.11 Å². The number of carboxylic acids is 1. The molecular weight excluding hydrogens is 278 g/mol. The summed E-state index contributed by atoms with van der Waals surface area (Å²) in [5.41, 5.74) is -0.880. The number of nitrogens with one attached hydrogen (secondary N) is 2. The molecule has 8 nitrogen and oxygen atoms in total. The molecule has 2 rings (SSSR count). The van der Waals surface area contributed by atoms with Crippen LogP contribution in [0.15, 0.2) is 0 Å². The van der Waals surface area contributed by atoms with Gasteiger partial charge in [-0.15, -0.1) is 0 Å². The van der Waals surface area contributed by atoms with Crippen LogP contribution in [0.2, 0.25) is 0 Å². The minimum absolute atomic E-state index is 0.360. The molecule has 3 N–H and O–H groups in total. The Morgan fingerprint density at radius 2 is 1.95 bits per heavy atom. The van der Waals surface area contributed by atoms with E-state index in [1.807, 2.05) is 0 Å². The standard InChI is InChI=1S/C13H19N3O5/c1-8(17)14-9(10(18)19)7-16-11(20)13(15-12(16)21)5-3-2-4-6-13/h9H,2-7H2,1H3,(H,14,17)(H,15,21)(H,18,19). The van der Waals surface area contributed by atoms with Gasteiger partial charge in [-0.05, 0) is 12.8 Å². The molecule has 2 aliphatic rings. The zero-order valence-corrected chi connectivity index (χ0v) is 11.8. The number of carbonyl (C=O) groups excluding carboxylic acids is 3. The Morgan fingerprint density at radius 1 is 1.33 bits per heavy atom. The summed E-state index contributed by atoms with van der Waals surface area (Å²) < 4.78 is 0. The van der Waals surface area contributed by atoms with Crippen molar-refractivity contribution in [2.75, 3.05) is 6.54 Å². The van der Waals surface area contributed by atoms with Gasteiger partial charge in [0.2, 0.25) is 5.91 Å². The third kappa shape index (κ3) is 2.98. The van der Waals surface area contributed by atoms with Crippen molar-refractivity contribution in [2.24, 2.45) is 0 Å². The molecule has 21 heavy (non-hydrogen) atoms. The monoisotopic (exact) mass is 297 g/mol. The lowest BCUT2D eigenvalue weighted by Gasteiger charge is -2.30. The molecule has 0 aromatic heterocycles. The van der Waals surface area contributed by atoms with Crippen LogP contribution >= 0.6 is 0 Å². The maximum absolute atomic E-state index is 12.5. The molecular formula is C13H19N3O5. The van der Waals surface area contributed by atoms with Gasteiger partial charge in [-0.1, -0.05) is 19.3 Å². The second-order valence-electron chi connectivity index (χ2n) is 5.58. The SMILES string of the molecule is CC(=O)NC(CN1C(=O)NC2(CCCCC2)C1=O)C(=O)O. The quantitative estimate of drug-likeness (QED) is 0.623. The Bertz CT molecular complexity index is 484. The average Bonchev–Trinajstić information content (AvgIpc) is 2.62. The van der Waals surface area contributed by atoms with Crippen molar-refractivity contribution < 1.29 is 24.3 Å².